The highest BCUT2D eigenvalue weighted by Crippen LogP contribution is 2.26. The lowest BCUT2D eigenvalue weighted by molar-refractivity contribution is -0.239. The number of rotatable bonds is 6. The maximum Gasteiger partial charge on any atom is 0.158 e. The molecule has 1 aromatic carbocycles. The van der Waals surface area contributed by atoms with E-state index in [4.69, 9.17) is 9.47 Å². The second-order valence-electron chi connectivity index (χ2n) is 5.42. The molecule has 0 amide bonds. The zero-order valence-corrected chi connectivity index (χ0v) is 12.2. The Hall–Kier alpha value is -0.860. The topological polar surface area (TPSA) is 18.5 Å². The van der Waals surface area contributed by atoms with Crippen LogP contribution in [-0.4, -0.2) is 19.0 Å². The van der Waals surface area contributed by atoms with Crippen molar-refractivity contribution >= 4 is 0 Å². The van der Waals surface area contributed by atoms with Crippen LogP contribution in [0.2, 0.25) is 0 Å². The Bertz CT molecular complexity index is 350. The van der Waals surface area contributed by atoms with Gasteiger partial charge in [0.05, 0.1) is 12.7 Å². The molecule has 3 atom stereocenters. The Morgan fingerprint density at radius 3 is 2.58 bits per heavy atom. The summed E-state index contributed by atoms with van der Waals surface area (Å²) in [5, 5.41) is 0. The lowest BCUT2D eigenvalue weighted by Crippen LogP contribution is -2.39. The molecule has 0 saturated carbocycles. The van der Waals surface area contributed by atoms with E-state index in [9.17, 15) is 0 Å². The van der Waals surface area contributed by atoms with Crippen molar-refractivity contribution < 1.29 is 9.47 Å². The van der Waals surface area contributed by atoms with Gasteiger partial charge in [0.1, 0.15) is 0 Å². The van der Waals surface area contributed by atoms with Gasteiger partial charge in [-0.05, 0) is 24.8 Å². The van der Waals surface area contributed by atoms with Crippen molar-refractivity contribution in [3.8, 4) is 0 Å². The Kier molecular flexibility index (Phi) is 5.87. The lowest BCUT2D eigenvalue weighted by Gasteiger charge is -2.36. The van der Waals surface area contributed by atoms with Crippen LogP contribution < -0.4 is 0 Å². The first-order valence-electron chi connectivity index (χ1n) is 7.64. The van der Waals surface area contributed by atoms with E-state index < -0.39 is 0 Å². The highest BCUT2D eigenvalue weighted by Gasteiger charge is 2.29. The number of ether oxygens (including phenoxy) is 2. The van der Waals surface area contributed by atoms with Crippen molar-refractivity contribution in [3.05, 3.63) is 35.9 Å². The van der Waals surface area contributed by atoms with Crippen molar-refractivity contribution in [1.82, 2.24) is 0 Å². The summed E-state index contributed by atoms with van der Waals surface area (Å²) in [5.74, 6) is 0.577. The molecule has 3 unspecified atom stereocenters. The number of hydrogen-bond acceptors (Lipinski definition) is 2. The van der Waals surface area contributed by atoms with Crippen molar-refractivity contribution in [2.24, 2.45) is 5.92 Å². The molecule has 0 aromatic heterocycles. The summed E-state index contributed by atoms with van der Waals surface area (Å²) in [6.07, 6.45) is 5.86. The van der Waals surface area contributed by atoms with Gasteiger partial charge in [-0.3, -0.25) is 0 Å². The molecule has 1 aliphatic heterocycles. The molecule has 0 bridgehead atoms. The fourth-order valence-corrected chi connectivity index (χ4v) is 2.73. The molecule has 2 rings (SSSR count). The zero-order chi connectivity index (χ0) is 13.5. The largest absolute Gasteiger partial charge is 0.352 e. The Morgan fingerprint density at radius 1 is 1.11 bits per heavy atom. The average Bonchev–Trinajstić information content (AvgIpc) is 2.47. The van der Waals surface area contributed by atoms with Gasteiger partial charge in [-0.25, -0.2) is 0 Å². The van der Waals surface area contributed by atoms with Gasteiger partial charge in [-0.15, -0.1) is 0 Å². The van der Waals surface area contributed by atoms with Crippen LogP contribution in [0.25, 0.3) is 0 Å². The molecule has 1 heterocycles. The molecule has 1 fully saturated rings. The first-order valence-corrected chi connectivity index (χ1v) is 7.64. The maximum absolute atomic E-state index is 6.13. The van der Waals surface area contributed by atoms with Gasteiger partial charge in [0.25, 0.3) is 0 Å². The van der Waals surface area contributed by atoms with Crippen molar-refractivity contribution in [1.29, 1.82) is 0 Å². The second kappa shape index (κ2) is 7.66. The third-order valence-corrected chi connectivity index (χ3v) is 3.96. The van der Waals surface area contributed by atoms with Gasteiger partial charge >= 0.3 is 0 Å². The van der Waals surface area contributed by atoms with Gasteiger partial charge < -0.3 is 9.47 Å². The molecule has 0 spiro atoms. The van der Waals surface area contributed by atoms with Crippen LogP contribution >= 0.6 is 0 Å². The highest BCUT2D eigenvalue weighted by atomic mass is 16.7. The highest BCUT2D eigenvalue weighted by molar-refractivity contribution is 5.14. The van der Waals surface area contributed by atoms with Crippen LogP contribution in [0.5, 0.6) is 0 Å². The Morgan fingerprint density at radius 2 is 1.89 bits per heavy atom. The SMILES string of the molecule is CCCC1OC(CCc2ccccc2)OCC1CC. The van der Waals surface area contributed by atoms with E-state index in [-0.39, 0.29) is 6.29 Å². The predicted molar refractivity (Wildman–Crippen MR) is 78.1 cm³/mol. The van der Waals surface area contributed by atoms with Gasteiger partial charge in [-0.2, -0.15) is 0 Å². The first kappa shape index (κ1) is 14.5. The molecule has 19 heavy (non-hydrogen) atoms. The zero-order valence-electron chi connectivity index (χ0n) is 12.2. The van der Waals surface area contributed by atoms with E-state index in [1.54, 1.807) is 0 Å². The summed E-state index contributed by atoms with van der Waals surface area (Å²) >= 11 is 0. The molecular weight excluding hydrogens is 236 g/mol. The molecule has 106 valence electrons. The fourth-order valence-electron chi connectivity index (χ4n) is 2.73. The van der Waals surface area contributed by atoms with E-state index >= 15 is 0 Å². The molecule has 2 heteroatoms. The molecular formula is C17H26O2. The monoisotopic (exact) mass is 262 g/mol. The van der Waals surface area contributed by atoms with Crippen LogP contribution in [0.3, 0.4) is 0 Å². The lowest BCUT2D eigenvalue weighted by atomic mass is 9.95. The molecule has 0 radical (unpaired) electrons. The second-order valence-corrected chi connectivity index (χ2v) is 5.42. The normalized spacial score (nSPS) is 27.4. The average molecular weight is 262 g/mol. The number of benzene rings is 1. The van der Waals surface area contributed by atoms with E-state index in [2.05, 4.69) is 44.2 Å². The summed E-state index contributed by atoms with van der Waals surface area (Å²) < 4.78 is 12.0. The molecule has 1 saturated heterocycles. The Labute approximate surface area is 117 Å². The quantitative estimate of drug-likeness (QED) is 0.765. The predicted octanol–water partition coefficient (Wildman–Crippen LogP) is 4.19. The number of aryl methyl sites for hydroxylation is 1. The first-order chi connectivity index (χ1) is 9.33. The van der Waals surface area contributed by atoms with E-state index in [0.717, 1.165) is 32.3 Å². The van der Waals surface area contributed by atoms with Crippen LogP contribution in [0.4, 0.5) is 0 Å². The third-order valence-electron chi connectivity index (χ3n) is 3.96. The minimum atomic E-state index is -0.0143. The smallest absolute Gasteiger partial charge is 0.158 e. The molecule has 0 aliphatic carbocycles. The van der Waals surface area contributed by atoms with E-state index in [1.807, 2.05) is 0 Å². The van der Waals surface area contributed by atoms with Crippen molar-refractivity contribution in [2.75, 3.05) is 6.61 Å². The minimum absolute atomic E-state index is 0.0143. The summed E-state index contributed by atoms with van der Waals surface area (Å²) in [7, 11) is 0. The summed E-state index contributed by atoms with van der Waals surface area (Å²) in [5.41, 5.74) is 1.36. The Balaban J connectivity index is 1.81. The van der Waals surface area contributed by atoms with E-state index in [1.165, 1.54) is 12.0 Å². The molecule has 2 nitrogen and oxygen atoms in total. The summed E-state index contributed by atoms with van der Waals surface area (Å²) in [6.45, 7) is 5.31. The summed E-state index contributed by atoms with van der Waals surface area (Å²) in [6, 6.07) is 10.6. The van der Waals surface area contributed by atoms with Gasteiger partial charge in [-0.1, -0.05) is 50.6 Å². The van der Waals surface area contributed by atoms with Crippen molar-refractivity contribution in [2.45, 2.75) is 58.3 Å². The molecule has 0 N–H and O–H groups in total. The van der Waals surface area contributed by atoms with Gasteiger partial charge in [0.2, 0.25) is 0 Å². The minimum Gasteiger partial charge on any atom is -0.352 e. The third kappa shape index (κ3) is 4.32. The van der Waals surface area contributed by atoms with Crippen LogP contribution in [0.15, 0.2) is 30.3 Å². The maximum atomic E-state index is 6.13. The van der Waals surface area contributed by atoms with Gasteiger partial charge in [0.15, 0.2) is 6.29 Å². The van der Waals surface area contributed by atoms with Crippen molar-refractivity contribution in [3.63, 3.8) is 0 Å². The standard InChI is InChI=1S/C17H26O2/c1-3-8-16-15(4-2)13-18-17(19-16)12-11-14-9-6-5-7-10-14/h5-7,9-10,15-17H,3-4,8,11-13H2,1-2H3. The van der Waals surface area contributed by atoms with Gasteiger partial charge in [0, 0.05) is 12.3 Å². The van der Waals surface area contributed by atoms with Crippen LogP contribution in [0, 0.1) is 5.92 Å². The molecule has 1 aliphatic rings. The van der Waals surface area contributed by atoms with Crippen LogP contribution in [-0.2, 0) is 15.9 Å². The van der Waals surface area contributed by atoms with E-state index in [0.29, 0.717) is 12.0 Å². The fraction of sp³-hybridized carbons (Fsp3) is 0.647. The number of hydrogen-bond donors (Lipinski definition) is 0. The van der Waals surface area contributed by atoms with Crippen LogP contribution in [0.1, 0.15) is 45.1 Å². The summed E-state index contributed by atoms with van der Waals surface area (Å²) in [4.78, 5) is 0. The molecule has 1 aromatic rings.